The number of carbonyl (C=O) groups is 3. The van der Waals surface area contributed by atoms with Crippen molar-refractivity contribution in [2.24, 2.45) is 0 Å². The van der Waals surface area contributed by atoms with Crippen LogP contribution in [-0.4, -0.2) is 37.2 Å². The van der Waals surface area contributed by atoms with Gasteiger partial charge in [-0.25, -0.2) is 0 Å². The third-order valence-electron chi connectivity index (χ3n) is 13.0. The highest BCUT2D eigenvalue weighted by Gasteiger charge is 2.19. The molecule has 400 valence electrons. The van der Waals surface area contributed by atoms with Crippen LogP contribution < -0.4 is 0 Å². The summed E-state index contributed by atoms with van der Waals surface area (Å²) in [7, 11) is 0. The molecule has 0 spiro atoms. The van der Waals surface area contributed by atoms with Crippen LogP contribution in [0.25, 0.3) is 0 Å². The minimum Gasteiger partial charge on any atom is -0.462 e. The first-order valence-corrected chi connectivity index (χ1v) is 29.8. The summed E-state index contributed by atoms with van der Waals surface area (Å²) in [6, 6.07) is 0. The number of esters is 3. The number of hydrogen-bond acceptors (Lipinski definition) is 6. The van der Waals surface area contributed by atoms with E-state index >= 15 is 0 Å². The molecular weight excluding hydrogens is 853 g/mol. The van der Waals surface area contributed by atoms with Crippen molar-refractivity contribution in [2.75, 3.05) is 13.2 Å². The lowest BCUT2D eigenvalue weighted by Crippen LogP contribution is -2.30. The van der Waals surface area contributed by atoms with E-state index in [1.807, 2.05) is 0 Å². The van der Waals surface area contributed by atoms with Crippen molar-refractivity contribution >= 4 is 17.9 Å². The van der Waals surface area contributed by atoms with Crippen molar-refractivity contribution in [1.29, 1.82) is 0 Å². The fourth-order valence-electron chi connectivity index (χ4n) is 8.49. The molecule has 0 aliphatic rings. The topological polar surface area (TPSA) is 78.9 Å². The van der Waals surface area contributed by atoms with Crippen molar-refractivity contribution in [3.8, 4) is 0 Å². The highest BCUT2D eigenvalue weighted by molar-refractivity contribution is 5.71. The van der Waals surface area contributed by atoms with Crippen molar-refractivity contribution in [1.82, 2.24) is 0 Å². The largest absolute Gasteiger partial charge is 0.462 e. The van der Waals surface area contributed by atoms with E-state index in [1.165, 1.54) is 193 Å². The zero-order valence-corrected chi connectivity index (χ0v) is 45.8. The molecule has 0 aliphatic heterocycles. The van der Waals surface area contributed by atoms with Gasteiger partial charge in [0.25, 0.3) is 0 Å². The molecule has 0 aromatic carbocycles. The van der Waals surface area contributed by atoms with Gasteiger partial charge in [-0.2, -0.15) is 0 Å². The van der Waals surface area contributed by atoms with Crippen LogP contribution in [0.15, 0.2) is 60.8 Å². The van der Waals surface area contributed by atoms with Gasteiger partial charge in [0, 0.05) is 19.3 Å². The molecule has 0 saturated heterocycles. The van der Waals surface area contributed by atoms with Crippen molar-refractivity contribution in [3.05, 3.63) is 60.8 Å². The Labute approximate surface area is 428 Å². The predicted molar refractivity (Wildman–Crippen MR) is 298 cm³/mol. The zero-order valence-electron chi connectivity index (χ0n) is 45.8. The third-order valence-corrected chi connectivity index (χ3v) is 13.0. The van der Waals surface area contributed by atoms with E-state index in [-0.39, 0.29) is 37.5 Å². The van der Waals surface area contributed by atoms with E-state index in [4.69, 9.17) is 14.2 Å². The SMILES string of the molecule is CCCCC/C=C/C/C=C/C/C=C/C/C=C/CCCC(=O)O[C@H](COC(=O)CCCCCCCCC/C=C/CCCCCC)COC(=O)CCCCCCCCCCCCCCCCCCCCC. The van der Waals surface area contributed by atoms with E-state index < -0.39 is 6.10 Å². The monoisotopic (exact) mass is 965 g/mol. The quantitative estimate of drug-likeness (QED) is 0.0262. The molecule has 0 unspecified atom stereocenters. The molecule has 0 fully saturated rings. The molecule has 0 saturated carbocycles. The maximum Gasteiger partial charge on any atom is 0.306 e. The molecule has 69 heavy (non-hydrogen) atoms. The number of ether oxygens (including phenoxy) is 3. The van der Waals surface area contributed by atoms with E-state index in [9.17, 15) is 14.4 Å². The maximum absolute atomic E-state index is 12.8. The molecular formula is C63H112O6. The Morgan fingerprint density at radius 2 is 0.536 bits per heavy atom. The molecule has 0 radical (unpaired) electrons. The second kappa shape index (κ2) is 57.7. The summed E-state index contributed by atoms with van der Waals surface area (Å²) in [6.45, 7) is 6.59. The number of rotatable bonds is 54. The molecule has 0 bridgehead atoms. The first-order chi connectivity index (χ1) is 34.0. The highest BCUT2D eigenvalue weighted by Crippen LogP contribution is 2.16. The van der Waals surface area contributed by atoms with Gasteiger partial charge >= 0.3 is 17.9 Å². The van der Waals surface area contributed by atoms with E-state index in [1.54, 1.807) is 0 Å². The van der Waals surface area contributed by atoms with E-state index in [0.29, 0.717) is 19.3 Å². The smallest absolute Gasteiger partial charge is 0.306 e. The molecule has 6 heteroatoms. The summed E-state index contributed by atoms with van der Waals surface area (Å²) in [4.78, 5) is 38.2. The van der Waals surface area contributed by atoms with Gasteiger partial charge in [0.05, 0.1) is 0 Å². The first-order valence-electron chi connectivity index (χ1n) is 29.8. The fourth-order valence-corrected chi connectivity index (χ4v) is 8.49. The minimum absolute atomic E-state index is 0.0943. The van der Waals surface area contributed by atoms with Crippen LogP contribution in [0.2, 0.25) is 0 Å². The van der Waals surface area contributed by atoms with Crippen molar-refractivity contribution in [3.63, 3.8) is 0 Å². The second-order valence-corrected chi connectivity index (χ2v) is 19.9. The first kappa shape index (κ1) is 66.1. The van der Waals surface area contributed by atoms with Gasteiger partial charge in [-0.1, -0.05) is 261 Å². The molecule has 0 amide bonds. The Bertz CT molecular complexity index is 1250. The molecule has 0 rings (SSSR count). The highest BCUT2D eigenvalue weighted by atomic mass is 16.6. The average molecular weight is 966 g/mol. The van der Waals surface area contributed by atoms with Gasteiger partial charge in [-0.15, -0.1) is 0 Å². The van der Waals surface area contributed by atoms with Crippen LogP contribution in [0.3, 0.4) is 0 Å². The minimum atomic E-state index is -0.803. The van der Waals surface area contributed by atoms with Gasteiger partial charge in [0.1, 0.15) is 13.2 Å². The lowest BCUT2D eigenvalue weighted by molar-refractivity contribution is -0.167. The zero-order chi connectivity index (χ0) is 50.0. The standard InChI is InChI=1S/C63H112O6/c1-4-7-10-13-16-19-22-25-28-30-31-33-35-38-41-44-47-50-53-56-62(65)68-59-60(58-67-61(64)55-52-49-46-43-40-37-34-27-24-21-18-15-12-9-6-3)69-63(66)57-54-51-48-45-42-39-36-32-29-26-23-20-17-14-11-8-5-2/h17,20-21,24,26,29,36,39,45,48,60H,4-16,18-19,22-23,25,27-28,30-35,37-38,40-44,46-47,49-59H2,1-3H3/b20-17+,24-21+,29-26+,39-36+,48-45+/t60-/m1/s1. The Morgan fingerprint density at radius 3 is 0.913 bits per heavy atom. The molecule has 0 aromatic rings. The molecule has 0 N–H and O–H groups in total. The summed E-state index contributed by atoms with van der Waals surface area (Å²) >= 11 is 0. The van der Waals surface area contributed by atoms with Crippen LogP contribution in [0, 0.1) is 0 Å². The van der Waals surface area contributed by atoms with Crippen molar-refractivity contribution in [2.45, 2.75) is 309 Å². The summed E-state index contributed by atoms with van der Waals surface area (Å²) in [5, 5.41) is 0. The van der Waals surface area contributed by atoms with Gasteiger partial charge in [-0.3, -0.25) is 14.4 Å². The van der Waals surface area contributed by atoms with Crippen LogP contribution in [0.1, 0.15) is 303 Å². The summed E-state index contributed by atoms with van der Waals surface area (Å²) < 4.78 is 16.8. The van der Waals surface area contributed by atoms with Crippen LogP contribution >= 0.6 is 0 Å². The Hall–Kier alpha value is -2.89. The maximum atomic E-state index is 12.8. The lowest BCUT2D eigenvalue weighted by Gasteiger charge is -2.18. The number of allylic oxidation sites excluding steroid dienone is 10. The van der Waals surface area contributed by atoms with Crippen LogP contribution in [0.4, 0.5) is 0 Å². The van der Waals surface area contributed by atoms with E-state index in [0.717, 1.165) is 64.2 Å². The van der Waals surface area contributed by atoms with Gasteiger partial charge in [0.2, 0.25) is 0 Å². The van der Waals surface area contributed by atoms with Gasteiger partial charge < -0.3 is 14.2 Å². The number of carbonyl (C=O) groups excluding carboxylic acids is 3. The molecule has 0 aliphatic carbocycles. The van der Waals surface area contributed by atoms with Gasteiger partial charge in [-0.05, 0) is 83.5 Å². The summed E-state index contributed by atoms with van der Waals surface area (Å²) in [5.41, 5.74) is 0. The number of unbranched alkanes of at least 4 members (excludes halogenated alkanes) is 33. The van der Waals surface area contributed by atoms with E-state index in [2.05, 4.69) is 81.5 Å². The fraction of sp³-hybridized carbons (Fsp3) is 0.794. The normalized spacial score (nSPS) is 12.4. The average Bonchev–Trinajstić information content (AvgIpc) is 3.35. The third kappa shape index (κ3) is 55.9. The molecule has 6 nitrogen and oxygen atoms in total. The summed E-state index contributed by atoms with van der Waals surface area (Å²) in [6.07, 6.45) is 72.2. The predicted octanol–water partition coefficient (Wildman–Crippen LogP) is 20.0. The van der Waals surface area contributed by atoms with Crippen LogP contribution in [0.5, 0.6) is 0 Å². The Morgan fingerprint density at radius 1 is 0.290 bits per heavy atom. The molecule has 0 heterocycles. The lowest BCUT2D eigenvalue weighted by atomic mass is 10.0. The Kier molecular flexibility index (Phi) is 55.3. The number of hydrogen-bond donors (Lipinski definition) is 0. The van der Waals surface area contributed by atoms with Gasteiger partial charge in [0.15, 0.2) is 6.10 Å². The Balaban J connectivity index is 4.42. The second-order valence-electron chi connectivity index (χ2n) is 19.9. The molecule has 0 aromatic heterocycles. The van der Waals surface area contributed by atoms with Crippen molar-refractivity contribution < 1.29 is 28.6 Å². The molecule has 1 atom stereocenters. The summed E-state index contributed by atoms with van der Waals surface area (Å²) in [5.74, 6) is -0.942. The van der Waals surface area contributed by atoms with Crippen LogP contribution in [-0.2, 0) is 28.6 Å².